The number of carbonyl (C=O) groups excluding carboxylic acids is 2. The lowest BCUT2D eigenvalue weighted by atomic mass is 9.84. The maximum atomic E-state index is 12.5. The molecule has 0 aliphatic heterocycles. The van der Waals surface area contributed by atoms with Crippen LogP contribution in [0.3, 0.4) is 0 Å². The van der Waals surface area contributed by atoms with Gasteiger partial charge in [-0.2, -0.15) is 0 Å². The molecule has 0 heterocycles. The van der Waals surface area contributed by atoms with Crippen molar-refractivity contribution in [3.63, 3.8) is 0 Å². The Morgan fingerprint density at radius 3 is 2.43 bits per heavy atom. The number of fused-ring (bicyclic) bond motifs is 2. The molecule has 2 bridgehead atoms. The van der Waals surface area contributed by atoms with Gasteiger partial charge in [0.05, 0.1) is 5.92 Å². The molecule has 1 aromatic carbocycles. The summed E-state index contributed by atoms with van der Waals surface area (Å²) in [7, 11) is 0. The zero-order valence-corrected chi connectivity index (χ0v) is 12.1. The molecule has 2 amide bonds. The summed E-state index contributed by atoms with van der Waals surface area (Å²) in [5.74, 6) is 0.747. The highest BCUT2D eigenvalue weighted by molar-refractivity contribution is 5.95. The van der Waals surface area contributed by atoms with E-state index in [1.54, 1.807) is 12.1 Å². The van der Waals surface area contributed by atoms with Crippen molar-refractivity contribution in [1.82, 2.24) is 0 Å². The Morgan fingerprint density at radius 2 is 1.81 bits per heavy atom. The molecular formula is C16H21N3O2. The molecule has 0 saturated heterocycles. The van der Waals surface area contributed by atoms with Crippen LogP contribution >= 0.6 is 0 Å². The second kappa shape index (κ2) is 5.48. The van der Waals surface area contributed by atoms with Crippen molar-refractivity contribution in [3.05, 3.63) is 24.3 Å². The SMILES string of the molecule is CC(=O)Nc1cccc(NC(=O)C2C3CCC(C3)C2N)c1. The summed E-state index contributed by atoms with van der Waals surface area (Å²) in [6, 6.07) is 7.17. The zero-order chi connectivity index (χ0) is 15.0. The predicted molar refractivity (Wildman–Crippen MR) is 81.7 cm³/mol. The van der Waals surface area contributed by atoms with Crippen LogP contribution in [0.1, 0.15) is 26.2 Å². The number of hydrogen-bond acceptors (Lipinski definition) is 3. The third-order valence-electron chi connectivity index (χ3n) is 4.73. The third kappa shape index (κ3) is 2.78. The molecule has 5 nitrogen and oxygen atoms in total. The van der Waals surface area contributed by atoms with E-state index in [0.29, 0.717) is 23.2 Å². The third-order valence-corrected chi connectivity index (χ3v) is 4.73. The minimum absolute atomic E-state index is 0.00896. The first-order valence-electron chi connectivity index (χ1n) is 7.48. The summed E-state index contributed by atoms with van der Waals surface area (Å²) in [6.07, 6.45) is 3.36. The highest BCUT2D eigenvalue weighted by atomic mass is 16.2. The second-order valence-corrected chi connectivity index (χ2v) is 6.19. The van der Waals surface area contributed by atoms with Gasteiger partial charge in [0.1, 0.15) is 0 Å². The molecule has 0 spiro atoms. The lowest BCUT2D eigenvalue weighted by molar-refractivity contribution is -0.121. The molecule has 3 rings (SSSR count). The van der Waals surface area contributed by atoms with E-state index in [9.17, 15) is 9.59 Å². The highest BCUT2D eigenvalue weighted by Crippen LogP contribution is 2.47. The minimum Gasteiger partial charge on any atom is -0.327 e. The average Bonchev–Trinajstić information content (AvgIpc) is 2.98. The summed E-state index contributed by atoms with van der Waals surface area (Å²) in [5.41, 5.74) is 7.57. The van der Waals surface area contributed by atoms with E-state index < -0.39 is 0 Å². The highest BCUT2D eigenvalue weighted by Gasteiger charge is 2.49. The van der Waals surface area contributed by atoms with Crippen molar-refractivity contribution in [2.75, 3.05) is 10.6 Å². The first-order chi connectivity index (χ1) is 10.0. The quantitative estimate of drug-likeness (QED) is 0.794. The molecule has 112 valence electrons. The van der Waals surface area contributed by atoms with Crippen molar-refractivity contribution in [1.29, 1.82) is 0 Å². The minimum atomic E-state index is -0.131. The molecule has 4 N–H and O–H groups in total. The fourth-order valence-electron chi connectivity index (χ4n) is 3.83. The molecule has 2 aliphatic rings. The summed E-state index contributed by atoms with van der Waals surface area (Å²) < 4.78 is 0. The molecule has 5 heteroatoms. The van der Waals surface area contributed by atoms with Gasteiger partial charge in [0.2, 0.25) is 11.8 Å². The number of amides is 2. The largest absolute Gasteiger partial charge is 0.327 e. The lowest BCUT2D eigenvalue weighted by Gasteiger charge is -2.27. The van der Waals surface area contributed by atoms with Gasteiger partial charge in [-0.25, -0.2) is 0 Å². The van der Waals surface area contributed by atoms with Crippen LogP contribution in [0.5, 0.6) is 0 Å². The van der Waals surface area contributed by atoms with Gasteiger partial charge in [-0.3, -0.25) is 9.59 Å². The van der Waals surface area contributed by atoms with E-state index in [4.69, 9.17) is 5.73 Å². The molecule has 2 fully saturated rings. The number of nitrogens with one attached hydrogen (secondary N) is 2. The molecule has 4 atom stereocenters. The fraction of sp³-hybridized carbons (Fsp3) is 0.500. The van der Waals surface area contributed by atoms with Crippen molar-refractivity contribution in [2.24, 2.45) is 23.5 Å². The number of benzene rings is 1. The van der Waals surface area contributed by atoms with Gasteiger partial charge in [-0.1, -0.05) is 6.07 Å². The molecule has 4 unspecified atom stereocenters. The van der Waals surface area contributed by atoms with Gasteiger partial charge in [0.25, 0.3) is 0 Å². The van der Waals surface area contributed by atoms with E-state index in [1.165, 1.54) is 6.92 Å². The predicted octanol–water partition coefficient (Wildman–Crippen LogP) is 1.96. The van der Waals surface area contributed by atoms with Crippen LogP contribution in [0.15, 0.2) is 24.3 Å². The van der Waals surface area contributed by atoms with Gasteiger partial charge < -0.3 is 16.4 Å². The number of hydrogen-bond donors (Lipinski definition) is 3. The van der Waals surface area contributed by atoms with Crippen molar-refractivity contribution in [2.45, 2.75) is 32.2 Å². The van der Waals surface area contributed by atoms with Crippen LogP contribution in [0, 0.1) is 17.8 Å². The van der Waals surface area contributed by atoms with Gasteiger partial charge in [0.15, 0.2) is 0 Å². The zero-order valence-electron chi connectivity index (χ0n) is 12.1. The van der Waals surface area contributed by atoms with Gasteiger partial charge >= 0.3 is 0 Å². The maximum Gasteiger partial charge on any atom is 0.229 e. The van der Waals surface area contributed by atoms with Crippen LogP contribution in [0.25, 0.3) is 0 Å². The number of rotatable bonds is 3. The van der Waals surface area contributed by atoms with Crippen molar-refractivity contribution >= 4 is 23.2 Å². The van der Waals surface area contributed by atoms with Crippen molar-refractivity contribution in [3.8, 4) is 0 Å². The molecule has 1 aromatic rings. The number of carbonyl (C=O) groups is 2. The van der Waals surface area contributed by atoms with Crippen molar-refractivity contribution < 1.29 is 9.59 Å². The molecule has 0 aromatic heterocycles. The number of nitrogens with two attached hydrogens (primary N) is 1. The van der Waals surface area contributed by atoms with E-state index in [-0.39, 0.29) is 23.8 Å². The fourth-order valence-corrected chi connectivity index (χ4v) is 3.83. The van der Waals surface area contributed by atoms with Gasteiger partial charge in [-0.15, -0.1) is 0 Å². The molecule has 2 saturated carbocycles. The summed E-state index contributed by atoms with van der Waals surface area (Å²) >= 11 is 0. The summed E-state index contributed by atoms with van der Waals surface area (Å²) in [4.78, 5) is 23.5. The Morgan fingerprint density at radius 1 is 1.14 bits per heavy atom. The molecule has 21 heavy (non-hydrogen) atoms. The Kier molecular flexibility index (Phi) is 3.68. The first-order valence-corrected chi connectivity index (χ1v) is 7.48. The summed E-state index contributed by atoms with van der Waals surface area (Å²) in [6.45, 7) is 1.46. The Bertz CT molecular complexity index is 570. The second-order valence-electron chi connectivity index (χ2n) is 6.19. The van der Waals surface area contributed by atoms with Crippen LogP contribution in [0.4, 0.5) is 11.4 Å². The first kappa shape index (κ1) is 14.1. The number of anilines is 2. The molecular weight excluding hydrogens is 266 g/mol. The topological polar surface area (TPSA) is 84.2 Å². The Hall–Kier alpha value is -1.88. The Labute approximate surface area is 124 Å². The Balaban J connectivity index is 1.69. The van der Waals surface area contributed by atoms with Gasteiger partial charge in [0, 0.05) is 24.3 Å². The molecule has 2 aliphatic carbocycles. The standard InChI is InChI=1S/C16H21N3O2/c1-9(20)18-12-3-2-4-13(8-12)19-16(21)14-10-5-6-11(7-10)15(14)17/h2-4,8,10-11,14-15H,5-7,17H2,1H3,(H,18,20)(H,19,21). The molecule has 0 radical (unpaired) electrons. The average molecular weight is 287 g/mol. The summed E-state index contributed by atoms with van der Waals surface area (Å²) in [5, 5.41) is 5.65. The normalized spacial score (nSPS) is 30.2. The van der Waals surface area contributed by atoms with E-state index in [2.05, 4.69) is 10.6 Å². The maximum absolute atomic E-state index is 12.5. The van der Waals surface area contributed by atoms with Crippen LogP contribution in [-0.4, -0.2) is 17.9 Å². The smallest absolute Gasteiger partial charge is 0.229 e. The van der Waals surface area contributed by atoms with Gasteiger partial charge in [-0.05, 0) is 49.3 Å². The van der Waals surface area contributed by atoms with Crippen LogP contribution in [-0.2, 0) is 9.59 Å². The van der Waals surface area contributed by atoms with E-state index in [0.717, 1.165) is 19.3 Å². The van der Waals surface area contributed by atoms with E-state index in [1.807, 2.05) is 12.1 Å². The van der Waals surface area contributed by atoms with Crippen LogP contribution < -0.4 is 16.4 Å². The van der Waals surface area contributed by atoms with E-state index >= 15 is 0 Å². The lowest BCUT2D eigenvalue weighted by Crippen LogP contribution is -2.42. The monoisotopic (exact) mass is 287 g/mol. The van der Waals surface area contributed by atoms with Crippen LogP contribution in [0.2, 0.25) is 0 Å².